The van der Waals surface area contributed by atoms with Crippen LogP contribution in [0.25, 0.3) is 0 Å². The number of carbonyl (C=O) groups excluding carboxylic acids is 2. The maximum Gasteiger partial charge on any atom is 0.326 e. The molecule has 148 valence electrons. The van der Waals surface area contributed by atoms with Crippen molar-refractivity contribution in [2.45, 2.75) is 49.1 Å². The van der Waals surface area contributed by atoms with Gasteiger partial charge in [0.05, 0.1) is 6.54 Å². The van der Waals surface area contributed by atoms with Gasteiger partial charge in [0.25, 0.3) is 5.91 Å². The van der Waals surface area contributed by atoms with Crippen LogP contribution in [-0.2, 0) is 19.6 Å². The maximum absolute atomic E-state index is 12.7. The van der Waals surface area contributed by atoms with Crippen LogP contribution in [0.3, 0.4) is 0 Å². The van der Waals surface area contributed by atoms with Gasteiger partial charge >= 0.3 is 5.97 Å². The molecule has 0 spiro atoms. The van der Waals surface area contributed by atoms with Crippen LogP contribution >= 0.6 is 0 Å². The van der Waals surface area contributed by atoms with Crippen molar-refractivity contribution < 1.29 is 27.9 Å². The monoisotopic (exact) mass is 398 g/mol. The quantitative estimate of drug-likeness (QED) is 0.511. The summed E-state index contributed by atoms with van der Waals surface area (Å²) in [6.07, 6.45) is 5.04. The molecule has 2 fully saturated rings. The highest BCUT2D eigenvalue weighted by Gasteiger charge is 2.47. The Morgan fingerprint density at radius 2 is 2.00 bits per heavy atom. The molecule has 1 aliphatic carbocycles. The number of carbonyl (C=O) groups is 3. The van der Waals surface area contributed by atoms with E-state index in [-0.39, 0.29) is 22.5 Å². The molecule has 3 rings (SSSR count). The van der Waals surface area contributed by atoms with E-state index in [1.165, 1.54) is 4.90 Å². The van der Waals surface area contributed by atoms with Gasteiger partial charge < -0.3 is 20.7 Å². The number of fused-ring (bicyclic) bond motifs is 1. The molecule has 0 aromatic carbocycles. The number of aromatic nitrogens is 1. The molecule has 0 bridgehead atoms. The molecule has 0 radical (unpaired) electrons. The summed E-state index contributed by atoms with van der Waals surface area (Å²) in [6, 6.07) is -0.0169. The van der Waals surface area contributed by atoms with Crippen LogP contribution in [0, 0.1) is 5.92 Å². The number of hydrogen-bond donors (Lipinski definition) is 4. The smallest absolute Gasteiger partial charge is 0.326 e. The van der Waals surface area contributed by atoms with Gasteiger partial charge in [-0.3, -0.25) is 9.59 Å². The van der Waals surface area contributed by atoms with Crippen LogP contribution in [0.5, 0.6) is 0 Å². The number of aromatic amines is 1. The van der Waals surface area contributed by atoms with Gasteiger partial charge in [0.1, 0.15) is 16.6 Å². The minimum atomic E-state index is -4.05. The zero-order valence-electron chi connectivity index (χ0n) is 14.6. The third-order valence-corrected chi connectivity index (χ3v) is 6.69. The zero-order valence-corrected chi connectivity index (χ0v) is 15.4. The van der Waals surface area contributed by atoms with Gasteiger partial charge in [0.15, 0.2) is 0 Å². The number of nitrogens with zero attached hydrogens (tertiary/aromatic N) is 1. The summed E-state index contributed by atoms with van der Waals surface area (Å²) in [5.41, 5.74) is 5.01. The van der Waals surface area contributed by atoms with Crippen LogP contribution in [0.15, 0.2) is 17.2 Å². The first-order chi connectivity index (χ1) is 12.7. The van der Waals surface area contributed by atoms with Gasteiger partial charge in [0.2, 0.25) is 15.9 Å². The van der Waals surface area contributed by atoms with Crippen molar-refractivity contribution in [3.05, 3.63) is 18.0 Å². The summed E-state index contributed by atoms with van der Waals surface area (Å²) >= 11 is 0. The van der Waals surface area contributed by atoms with Crippen LogP contribution in [0.1, 0.15) is 42.6 Å². The first-order valence-electron chi connectivity index (χ1n) is 8.72. The second kappa shape index (κ2) is 7.31. The molecule has 1 aromatic heterocycles. The van der Waals surface area contributed by atoms with Crippen molar-refractivity contribution in [2.75, 3.05) is 6.54 Å². The Morgan fingerprint density at radius 3 is 2.63 bits per heavy atom. The fourth-order valence-electron chi connectivity index (χ4n) is 4.04. The average molecular weight is 398 g/mol. The Labute approximate surface area is 156 Å². The molecule has 2 aliphatic rings. The average Bonchev–Trinajstić information content (AvgIpc) is 3.25. The molecule has 10 nitrogen and oxygen atoms in total. The normalized spacial score (nSPS) is 25.2. The van der Waals surface area contributed by atoms with Gasteiger partial charge in [-0.1, -0.05) is 12.8 Å². The van der Waals surface area contributed by atoms with Gasteiger partial charge in [-0.05, 0) is 31.2 Å². The van der Waals surface area contributed by atoms with E-state index >= 15 is 0 Å². The van der Waals surface area contributed by atoms with E-state index < -0.39 is 40.4 Å². The van der Waals surface area contributed by atoms with E-state index in [0.29, 0.717) is 6.42 Å². The SMILES string of the molecule is NC(=O)c1cc(S(=O)(=O)NCC(=O)N2C(C(=O)O)CC3CCCCC32)c[nH]1. The lowest BCUT2D eigenvalue weighted by Gasteiger charge is -2.33. The predicted octanol–water partition coefficient (Wildman–Crippen LogP) is -0.364. The molecule has 5 N–H and O–H groups in total. The van der Waals surface area contributed by atoms with E-state index in [0.717, 1.165) is 37.9 Å². The lowest BCUT2D eigenvalue weighted by Crippen LogP contribution is -2.49. The number of nitrogens with two attached hydrogens (primary N) is 1. The highest BCUT2D eigenvalue weighted by Crippen LogP contribution is 2.39. The fraction of sp³-hybridized carbons (Fsp3) is 0.562. The van der Waals surface area contributed by atoms with Gasteiger partial charge in [0, 0.05) is 12.2 Å². The van der Waals surface area contributed by atoms with Crippen molar-refractivity contribution in [1.29, 1.82) is 0 Å². The van der Waals surface area contributed by atoms with Gasteiger partial charge in [-0.25, -0.2) is 17.9 Å². The van der Waals surface area contributed by atoms with Crippen molar-refractivity contribution in [1.82, 2.24) is 14.6 Å². The van der Waals surface area contributed by atoms with Crippen molar-refractivity contribution in [2.24, 2.45) is 11.7 Å². The minimum Gasteiger partial charge on any atom is -0.480 e. The lowest BCUT2D eigenvalue weighted by atomic mass is 9.85. The Hall–Kier alpha value is -2.40. The first kappa shape index (κ1) is 19.4. The van der Waals surface area contributed by atoms with E-state index in [9.17, 15) is 27.9 Å². The summed E-state index contributed by atoms with van der Waals surface area (Å²) in [4.78, 5) is 38.9. The highest BCUT2D eigenvalue weighted by atomic mass is 32.2. The number of amides is 2. The predicted molar refractivity (Wildman–Crippen MR) is 93.1 cm³/mol. The molecule has 1 saturated heterocycles. The number of hydrogen-bond acceptors (Lipinski definition) is 5. The van der Waals surface area contributed by atoms with Crippen molar-refractivity contribution in [3.63, 3.8) is 0 Å². The van der Waals surface area contributed by atoms with Gasteiger partial charge in [-0.15, -0.1) is 0 Å². The highest BCUT2D eigenvalue weighted by molar-refractivity contribution is 7.89. The first-order valence-corrected chi connectivity index (χ1v) is 10.2. The number of carboxylic acid groups (broad SMARTS) is 1. The molecule has 2 amide bonds. The molecule has 2 heterocycles. The Morgan fingerprint density at radius 1 is 1.30 bits per heavy atom. The summed E-state index contributed by atoms with van der Waals surface area (Å²) in [5.74, 6) is -2.30. The minimum absolute atomic E-state index is 0.0720. The van der Waals surface area contributed by atoms with E-state index in [2.05, 4.69) is 9.71 Å². The van der Waals surface area contributed by atoms with Crippen LogP contribution < -0.4 is 10.5 Å². The zero-order chi connectivity index (χ0) is 19.8. The molecule has 1 saturated carbocycles. The molecule has 27 heavy (non-hydrogen) atoms. The van der Waals surface area contributed by atoms with Crippen LogP contribution in [-0.4, -0.2) is 59.8 Å². The number of H-pyrrole nitrogens is 1. The molecular weight excluding hydrogens is 376 g/mol. The lowest BCUT2D eigenvalue weighted by molar-refractivity contribution is -0.149. The van der Waals surface area contributed by atoms with Crippen molar-refractivity contribution >= 4 is 27.8 Å². The molecule has 1 aromatic rings. The Kier molecular flexibility index (Phi) is 5.24. The fourth-order valence-corrected chi connectivity index (χ4v) is 5.01. The standard InChI is InChI=1S/C16H22N4O6S/c17-15(22)11-6-10(7-18-11)27(25,26)19-8-14(21)20-12-4-2-1-3-9(12)5-13(20)16(23)24/h6-7,9,12-13,18-19H,1-5,8H2,(H2,17,22)(H,23,24). The summed E-state index contributed by atoms with van der Waals surface area (Å²) in [7, 11) is -4.05. The largest absolute Gasteiger partial charge is 0.480 e. The molecule has 3 atom stereocenters. The number of nitrogens with one attached hydrogen (secondary N) is 2. The van der Waals surface area contributed by atoms with E-state index in [1.54, 1.807) is 0 Å². The van der Waals surface area contributed by atoms with E-state index in [4.69, 9.17) is 5.73 Å². The van der Waals surface area contributed by atoms with E-state index in [1.807, 2.05) is 0 Å². The second-order valence-corrected chi connectivity index (χ2v) is 8.71. The number of primary amides is 1. The number of sulfonamides is 1. The molecular formula is C16H22N4O6S. The summed E-state index contributed by atoms with van der Waals surface area (Å²) < 4.78 is 26.8. The third-order valence-electron chi connectivity index (χ3n) is 5.31. The molecule has 1 aliphatic heterocycles. The Bertz CT molecular complexity index is 864. The number of carboxylic acids is 1. The topological polar surface area (TPSA) is 163 Å². The summed E-state index contributed by atoms with van der Waals surface area (Å²) in [6.45, 7) is -0.549. The summed E-state index contributed by atoms with van der Waals surface area (Å²) in [5, 5.41) is 9.46. The second-order valence-electron chi connectivity index (χ2n) is 6.94. The third kappa shape index (κ3) is 3.83. The van der Waals surface area contributed by atoms with Gasteiger partial charge in [-0.2, -0.15) is 0 Å². The molecule has 11 heteroatoms. The number of aliphatic carboxylic acids is 1. The van der Waals surface area contributed by atoms with Crippen LogP contribution in [0.4, 0.5) is 0 Å². The number of rotatable bonds is 6. The maximum atomic E-state index is 12.7. The Balaban J connectivity index is 1.71. The van der Waals surface area contributed by atoms with Crippen molar-refractivity contribution in [3.8, 4) is 0 Å². The molecule has 3 unspecified atom stereocenters. The van der Waals surface area contributed by atoms with Crippen LogP contribution in [0.2, 0.25) is 0 Å². The number of likely N-dealkylation sites (tertiary alicyclic amines) is 1.